The number of nitrogens with one attached hydrogen (secondary N) is 1. The van der Waals surface area contributed by atoms with Crippen LogP contribution in [0.5, 0.6) is 0 Å². The van der Waals surface area contributed by atoms with Gasteiger partial charge in [-0.3, -0.25) is 23.5 Å². The quantitative estimate of drug-likeness (QED) is 0.747. The molecule has 0 aliphatic rings. The number of aromatic nitrogens is 2. The first-order valence-electron chi connectivity index (χ1n) is 7.58. The van der Waals surface area contributed by atoms with Gasteiger partial charge in [0.15, 0.2) is 0 Å². The topological polar surface area (TPSA) is 110 Å². The number of hydrogen-bond acceptors (Lipinski definition) is 4. The third kappa shape index (κ3) is 3.85. The van der Waals surface area contributed by atoms with Crippen molar-refractivity contribution in [1.82, 2.24) is 14.5 Å². The minimum absolute atomic E-state index is 0.133. The molecule has 1 aromatic carbocycles. The molecule has 8 nitrogen and oxygen atoms in total. The van der Waals surface area contributed by atoms with Crippen LogP contribution in [0, 0.1) is 0 Å². The third-order valence-electron chi connectivity index (χ3n) is 4.10. The van der Waals surface area contributed by atoms with Crippen LogP contribution >= 0.6 is 0 Å². The molecule has 1 atom stereocenters. The van der Waals surface area contributed by atoms with E-state index in [0.717, 1.165) is 9.13 Å². The average molecular weight is 345 g/mol. The molecule has 0 radical (unpaired) electrons. The zero-order chi connectivity index (χ0) is 18.6. The lowest BCUT2D eigenvalue weighted by molar-refractivity contribution is -0.143. The first kappa shape index (κ1) is 18.2. The summed E-state index contributed by atoms with van der Waals surface area (Å²) in [7, 11) is 1.32. The minimum atomic E-state index is -1.30. The number of nitrogens with zero attached hydrogens (tertiary/aromatic N) is 2. The summed E-state index contributed by atoms with van der Waals surface area (Å²) in [5.74, 6) is -1.59. The van der Waals surface area contributed by atoms with Gasteiger partial charge in [-0.05, 0) is 12.5 Å². The van der Waals surface area contributed by atoms with E-state index in [9.17, 15) is 24.3 Å². The molecule has 0 saturated carbocycles. The highest BCUT2D eigenvalue weighted by Gasteiger charge is 2.35. The number of carbonyl (C=O) groups excluding carboxylic acids is 1. The van der Waals surface area contributed by atoms with Crippen LogP contribution in [0.25, 0.3) is 0 Å². The lowest BCUT2D eigenvalue weighted by Gasteiger charge is -2.25. The number of aliphatic carboxylic acids is 1. The number of amides is 1. The maximum Gasteiger partial charge on any atom is 0.331 e. The van der Waals surface area contributed by atoms with Gasteiger partial charge >= 0.3 is 11.7 Å². The predicted octanol–water partition coefficient (Wildman–Crippen LogP) is -0.294. The molecule has 0 saturated heterocycles. The van der Waals surface area contributed by atoms with Gasteiger partial charge in [-0.1, -0.05) is 30.3 Å². The van der Waals surface area contributed by atoms with Crippen molar-refractivity contribution in [1.29, 1.82) is 0 Å². The number of rotatable bonds is 6. The van der Waals surface area contributed by atoms with Crippen LogP contribution in [0.2, 0.25) is 0 Å². The van der Waals surface area contributed by atoms with Gasteiger partial charge in [0.05, 0.1) is 0 Å². The van der Waals surface area contributed by atoms with E-state index < -0.39 is 28.5 Å². The lowest BCUT2D eigenvalue weighted by atomic mass is 9.82. The summed E-state index contributed by atoms with van der Waals surface area (Å²) in [5, 5.41) is 12.1. The van der Waals surface area contributed by atoms with Crippen LogP contribution in [0.1, 0.15) is 12.5 Å². The summed E-state index contributed by atoms with van der Waals surface area (Å²) in [5.41, 5.74) is -1.83. The third-order valence-corrected chi connectivity index (χ3v) is 4.10. The van der Waals surface area contributed by atoms with Gasteiger partial charge in [0, 0.05) is 25.9 Å². The van der Waals surface area contributed by atoms with Gasteiger partial charge in [-0.15, -0.1) is 0 Å². The number of carboxylic acid groups (broad SMARTS) is 1. The molecule has 1 heterocycles. The Morgan fingerprint density at radius 2 is 1.80 bits per heavy atom. The van der Waals surface area contributed by atoms with E-state index in [4.69, 9.17) is 0 Å². The highest BCUT2D eigenvalue weighted by molar-refractivity contribution is 5.83. The van der Waals surface area contributed by atoms with Crippen molar-refractivity contribution in [3.05, 3.63) is 69.0 Å². The van der Waals surface area contributed by atoms with Crippen molar-refractivity contribution < 1.29 is 14.7 Å². The van der Waals surface area contributed by atoms with Crippen molar-refractivity contribution in [3.8, 4) is 0 Å². The van der Waals surface area contributed by atoms with E-state index >= 15 is 0 Å². The Labute approximate surface area is 143 Å². The molecule has 0 fully saturated rings. The zero-order valence-electron chi connectivity index (χ0n) is 13.9. The molecule has 1 amide bonds. The van der Waals surface area contributed by atoms with Crippen LogP contribution in [0.4, 0.5) is 0 Å². The second-order valence-electron chi connectivity index (χ2n) is 5.90. The Hall–Kier alpha value is -3.16. The van der Waals surface area contributed by atoms with Gasteiger partial charge in [0.2, 0.25) is 5.91 Å². The van der Waals surface area contributed by atoms with Crippen LogP contribution < -0.4 is 16.6 Å². The highest BCUT2D eigenvalue weighted by Crippen LogP contribution is 2.23. The Bertz CT molecular complexity index is 900. The van der Waals surface area contributed by atoms with E-state index in [0.29, 0.717) is 5.56 Å². The fraction of sp³-hybridized carbons (Fsp3) is 0.294. The second kappa shape index (κ2) is 7.16. The monoisotopic (exact) mass is 345 g/mol. The molecule has 8 heteroatoms. The largest absolute Gasteiger partial charge is 0.481 e. The Kier molecular flexibility index (Phi) is 5.21. The van der Waals surface area contributed by atoms with Crippen molar-refractivity contribution in [2.45, 2.75) is 18.9 Å². The Morgan fingerprint density at radius 3 is 2.40 bits per heavy atom. The minimum Gasteiger partial charge on any atom is -0.481 e. The van der Waals surface area contributed by atoms with Crippen molar-refractivity contribution in [2.24, 2.45) is 7.05 Å². The van der Waals surface area contributed by atoms with Crippen LogP contribution in [-0.4, -0.2) is 32.7 Å². The summed E-state index contributed by atoms with van der Waals surface area (Å²) in [6.45, 7) is 1.08. The fourth-order valence-corrected chi connectivity index (χ4v) is 2.33. The fourth-order valence-electron chi connectivity index (χ4n) is 2.33. The summed E-state index contributed by atoms with van der Waals surface area (Å²) in [6, 6.07) is 9.76. The van der Waals surface area contributed by atoms with E-state index in [-0.39, 0.29) is 13.1 Å². The molecule has 2 rings (SSSR count). The smallest absolute Gasteiger partial charge is 0.331 e. The molecular weight excluding hydrogens is 326 g/mol. The molecule has 1 unspecified atom stereocenters. The van der Waals surface area contributed by atoms with E-state index in [1.807, 2.05) is 0 Å². The highest BCUT2D eigenvalue weighted by atomic mass is 16.4. The van der Waals surface area contributed by atoms with E-state index in [1.54, 1.807) is 30.3 Å². The lowest BCUT2D eigenvalue weighted by Crippen LogP contribution is -2.46. The number of carbonyl (C=O) groups is 2. The SMILES string of the molecule is Cn1c(=O)ccn(CC(=O)NCC(C)(C(=O)O)c2ccccc2)c1=O. The molecule has 0 aliphatic carbocycles. The predicted molar refractivity (Wildman–Crippen MR) is 90.4 cm³/mol. The van der Waals surface area contributed by atoms with Gasteiger partial charge in [0.25, 0.3) is 5.56 Å². The van der Waals surface area contributed by atoms with Gasteiger partial charge in [-0.2, -0.15) is 0 Å². The molecule has 0 bridgehead atoms. The van der Waals surface area contributed by atoms with Gasteiger partial charge in [-0.25, -0.2) is 4.79 Å². The summed E-state index contributed by atoms with van der Waals surface area (Å²) in [4.78, 5) is 47.1. The van der Waals surface area contributed by atoms with E-state index in [2.05, 4.69) is 5.32 Å². The Morgan fingerprint density at radius 1 is 1.16 bits per heavy atom. The Balaban J connectivity index is 2.13. The zero-order valence-corrected chi connectivity index (χ0v) is 13.9. The van der Waals surface area contributed by atoms with Crippen LogP contribution in [0.3, 0.4) is 0 Å². The molecule has 2 N–H and O–H groups in total. The maximum atomic E-state index is 12.1. The normalized spacial score (nSPS) is 13.0. The molecule has 0 aliphatic heterocycles. The molecule has 2 aromatic rings. The summed E-state index contributed by atoms with van der Waals surface area (Å²) < 4.78 is 1.97. The van der Waals surface area contributed by atoms with Crippen molar-refractivity contribution >= 4 is 11.9 Å². The molecular formula is C17H19N3O5. The standard InChI is InChI=1S/C17H19N3O5/c1-17(15(23)24,12-6-4-3-5-7-12)11-18-13(21)10-20-9-8-14(22)19(2)16(20)25/h3-9H,10-11H2,1-2H3,(H,18,21)(H,23,24). The maximum absolute atomic E-state index is 12.1. The molecule has 25 heavy (non-hydrogen) atoms. The molecule has 1 aromatic heterocycles. The van der Waals surface area contributed by atoms with Crippen LogP contribution in [0.15, 0.2) is 52.2 Å². The summed E-state index contributed by atoms with van der Waals surface area (Å²) >= 11 is 0. The number of carboxylic acids is 1. The molecule has 132 valence electrons. The van der Waals surface area contributed by atoms with Gasteiger partial charge in [0.1, 0.15) is 12.0 Å². The van der Waals surface area contributed by atoms with Crippen molar-refractivity contribution in [2.75, 3.05) is 6.54 Å². The van der Waals surface area contributed by atoms with Crippen LogP contribution in [-0.2, 0) is 28.6 Å². The number of benzene rings is 1. The first-order chi connectivity index (χ1) is 11.8. The average Bonchev–Trinajstić information content (AvgIpc) is 2.60. The summed E-state index contributed by atoms with van der Waals surface area (Å²) in [6.07, 6.45) is 1.23. The first-order valence-corrected chi connectivity index (χ1v) is 7.58. The number of hydrogen-bond donors (Lipinski definition) is 2. The van der Waals surface area contributed by atoms with Crippen molar-refractivity contribution in [3.63, 3.8) is 0 Å². The second-order valence-corrected chi connectivity index (χ2v) is 5.90. The molecule has 0 spiro atoms. The van der Waals surface area contributed by atoms with Gasteiger partial charge < -0.3 is 10.4 Å². The van der Waals surface area contributed by atoms with E-state index in [1.165, 1.54) is 26.2 Å².